The number of nitrogens with zero attached hydrogens (tertiary/aromatic N) is 2. The Bertz CT molecular complexity index is 784. The normalized spacial score (nSPS) is 13.4. The van der Waals surface area contributed by atoms with Gasteiger partial charge in [0.25, 0.3) is 5.91 Å². The molecule has 2 rings (SSSR count). The van der Waals surface area contributed by atoms with Crippen LogP contribution in [0.25, 0.3) is 0 Å². The molecule has 0 spiro atoms. The molecule has 0 fully saturated rings. The molecule has 1 amide bonds. The highest BCUT2D eigenvalue weighted by atomic mass is 19.4. The highest BCUT2D eigenvalue weighted by Gasteiger charge is 2.37. The van der Waals surface area contributed by atoms with Gasteiger partial charge in [0.15, 0.2) is 0 Å². The van der Waals surface area contributed by atoms with Crippen LogP contribution in [-0.2, 0) is 12.4 Å². The van der Waals surface area contributed by atoms with Crippen molar-refractivity contribution in [3.63, 3.8) is 0 Å². The van der Waals surface area contributed by atoms with Crippen LogP contribution in [0.2, 0.25) is 0 Å². The molecule has 0 saturated heterocycles. The minimum atomic E-state index is -5.02. The van der Waals surface area contributed by atoms with E-state index in [1.54, 1.807) is 6.92 Å². The molecule has 0 bridgehead atoms. The standard InChI is InChI=1S/C16H13F6N3O/c1-8-6-23-7-13(24-8)9(2)25-14(26)10-3-11(15(17,18)19)5-12(4-10)16(20,21)22/h3-7,9H,1-2H3,(H,25,26)/t9-/m1/s1. The molecule has 0 radical (unpaired) electrons. The van der Waals surface area contributed by atoms with Crippen molar-refractivity contribution in [3.8, 4) is 0 Å². The molecule has 2 aromatic rings. The van der Waals surface area contributed by atoms with Crippen LogP contribution in [-0.4, -0.2) is 15.9 Å². The third-order valence-corrected chi connectivity index (χ3v) is 3.41. The van der Waals surface area contributed by atoms with E-state index in [-0.39, 0.29) is 6.07 Å². The summed E-state index contributed by atoms with van der Waals surface area (Å²) in [6.45, 7) is 3.13. The molecule has 140 valence electrons. The van der Waals surface area contributed by atoms with Crippen molar-refractivity contribution in [1.82, 2.24) is 15.3 Å². The molecule has 0 saturated carbocycles. The van der Waals surface area contributed by atoms with Gasteiger partial charge >= 0.3 is 12.4 Å². The van der Waals surface area contributed by atoms with Crippen molar-refractivity contribution in [2.24, 2.45) is 0 Å². The van der Waals surface area contributed by atoms with Crippen LogP contribution in [0.1, 0.15) is 45.8 Å². The molecule has 10 heteroatoms. The van der Waals surface area contributed by atoms with Gasteiger partial charge in [-0.3, -0.25) is 14.8 Å². The van der Waals surface area contributed by atoms with Gasteiger partial charge in [0.05, 0.1) is 34.8 Å². The van der Waals surface area contributed by atoms with Crippen molar-refractivity contribution >= 4 is 5.91 Å². The van der Waals surface area contributed by atoms with Crippen LogP contribution in [0.3, 0.4) is 0 Å². The fraction of sp³-hybridized carbons (Fsp3) is 0.312. The summed E-state index contributed by atoms with van der Waals surface area (Å²) in [7, 11) is 0. The number of aromatic nitrogens is 2. The predicted molar refractivity (Wildman–Crippen MR) is 79.1 cm³/mol. The summed E-state index contributed by atoms with van der Waals surface area (Å²) >= 11 is 0. The molecule has 0 aliphatic carbocycles. The Morgan fingerprint density at radius 2 is 1.54 bits per heavy atom. The number of halogens is 6. The predicted octanol–water partition coefficient (Wildman–Crippen LogP) is 4.31. The minimum absolute atomic E-state index is 0.0355. The number of carbonyl (C=O) groups excluding carboxylic acids is 1. The number of rotatable bonds is 3. The van der Waals surface area contributed by atoms with Gasteiger partial charge in [0.2, 0.25) is 0 Å². The summed E-state index contributed by atoms with van der Waals surface area (Å²) in [4.78, 5) is 20.1. The van der Waals surface area contributed by atoms with E-state index in [1.165, 1.54) is 19.3 Å². The Morgan fingerprint density at radius 3 is 2.00 bits per heavy atom. The Hall–Kier alpha value is -2.65. The monoisotopic (exact) mass is 377 g/mol. The number of alkyl halides is 6. The van der Waals surface area contributed by atoms with Gasteiger partial charge in [-0.25, -0.2) is 0 Å². The second kappa shape index (κ2) is 6.93. The third-order valence-electron chi connectivity index (χ3n) is 3.41. The molecule has 0 aliphatic heterocycles. The lowest BCUT2D eigenvalue weighted by Gasteiger charge is -2.16. The Morgan fingerprint density at radius 1 is 1.00 bits per heavy atom. The lowest BCUT2D eigenvalue weighted by molar-refractivity contribution is -0.143. The third kappa shape index (κ3) is 4.70. The zero-order valence-corrected chi connectivity index (χ0v) is 13.5. The summed E-state index contributed by atoms with van der Waals surface area (Å²) in [5.41, 5.74) is -3.00. The first kappa shape index (κ1) is 19.7. The molecular formula is C16H13F6N3O. The lowest BCUT2D eigenvalue weighted by Crippen LogP contribution is -2.28. The van der Waals surface area contributed by atoms with E-state index in [1.807, 2.05) is 0 Å². The average Bonchev–Trinajstić information content (AvgIpc) is 2.52. The van der Waals surface area contributed by atoms with Crippen molar-refractivity contribution in [3.05, 3.63) is 58.7 Å². The van der Waals surface area contributed by atoms with Gasteiger partial charge in [0.1, 0.15) is 0 Å². The van der Waals surface area contributed by atoms with E-state index >= 15 is 0 Å². The molecule has 4 nitrogen and oxygen atoms in total. The summed E-state index contributed by atoms with van der Waals surface area (Å²) in [5, 5.41) is 2.32. The van der Waals surface area contributed by atoms with Gasteiger partial charge < -0.3 is 5.32 Å². The molecule has 0 unspecified atom stereocenters. The Kier molecular flexibility index (Phi) is 5.24. The first-order valence-electron chi connectivity index (χ1n) is 7.27. The van der Waals surface area contributed by atoms with Gasteiger partial charge in [0, 0.05) is 11.8 Å². The van der Waals surface area contributed by atoms with Crippen molar-refractivity contribution in [2.45, 2.75) is 32.2 Å². The van der Waals surface area contributed by atoms with Crippen LogP contribution in [0.15, 0.2) is 30.6 Å². The maximum atomic E-state index is 12.9. The van der Waals surface area contributed by atoms with E-state index < -0.39 is 41.0 Å². The zero-order chi connectivity index (χ0) is 19.7. The van der Waals surface area contributed by atoms with E-state index in [4.69, 9.17) is 0 Å². The van der Waals surface area contributed by atoms with E-state index in [0.717, 1.165) is 0 Å². The second-order valence-electron chi connectivity index (χ2n) is 5.58. The summed E-state index contributed by atoms with van der Waals surface area (Å²) < 4.78 is 77.1. The maximum Gasteiger partial charge on any atom is 0.416 e. The van der Waals surface area contributed by atoms with Crippen molar-refractivity contribution < 1.29 is 31.1 Å². The van der Waals surface area contributed by atoms with Crippen LogP contribution in [0.4, 0.5) is 26.3 Å². The highest BCUT2D eigenvalue weighted by Crippen LogP contribution is 2.36. The number of carbonyl (C=O) groups is 1. The maximum absolute atomic E-state index is 12.9. The quantitative estimate of drug-likeness (QED) is 0.811. The van der Waals surface area contributed by atoms with E-state index in [9.17, 15) is 31.1 Å². The largest absolute Gasteiger partial charge is 0.416 e. The summed E-state index contributed by atoms with van der Waals surface area (Å²) in [6, 6.07) is -0.0521. The van der Waals surface area contributed by atoms with Gasteiger partial charge in [-0.2, -0.15) is 26.3 Å². The molecule has 1 atom stereocenters. The van der Waals surface area contributed by atoms with E-state index in [2.05, 4.69) is 15.3 Å². The van der Waals surface area contributed by atoms with Crippen LogP contribution < -0.4 is 5.32 Å². The van der Waals surface area contributed by atoms with Gasteiger partial charge in [-0.05, 0) is 32.0 Å². The van der Waals surface area contributed by atoms with E-state index in [0.29, 0.717) is 23.5 Å². The number of benzene rings is 1. The molecule has 0 aliphatic rings. The Labute approximate surface area is 144 Å². The molecule has 26 heavy (non-hydrogen) atoms. The average molecular weight is 377 g/mol. The van der Waals surface area contributed by atoms with Crippen LogP contribution in [0.5, 0.6) is 0 Å². The van der Waals surface area contributed by atoms with Crippen molar-refractivity contribution in [1.29, 1.82) is 0 Å². The summed E-state index contributed by atoms with van der Waals surface area (Å²) in [5.74, 6) is -1.09. The fourth-order valence-corrected chi connectivity index (χ4v) is 2.13. The molecule has 1 aromatic heterocycles. The highest BCUT2D eigenvalue weighted by molar-refractivity contribution is 5.94. The number of amides is 1. The van der Waals surface area contributed by atoms with Crippen LogP contribution >= 0.6 is 0 Å². The first-order valence-corrected chi connectivity index (χ1v) is 7.27. The smallest absolute Gasteiger partial charge is 0.344 e. The number of aryl methyl sites for hydroxylation is 1. The Balaban J connectivity index is 2.35. The topological polar surface area (TPSA) is 54.9 Å². The number of nitrogens with one attached hydrogen (secondary N) is 1. The first-order chi connectivity index (χ1) is 11.9. The zero-order valence-electron chi connectivity index (χ0n) is 13.5. The lowest BCUT2D eigenvalue weighted by atomic mass is 10.0. The SMILES string of the molecule is Cc1cncc([C@@H](C)NC(=O)c2cc(C(F)(F)F)cc(C(F)(F)F)c2)n1. The van der Waals surface area contributed by atoms with Gasteiger partial charge in [-0.15, -0.1) is 0 Å². The second-order valence-corrected chi connectivity index (χ2v) is 5.58. The molecular weight excluding hydrogens is 364 g/mol. The fourth-order valence-electron chi connectivity index (χ4n) is 2.13. The molecule has 1 heterocycles. The van der Waals surface area contributed by atoms with Crippen molar-refractivity contribution in [2.75, 3.05) is 0 Å². The van der Waals surface area contributed by atoms with Gasteiger partial charge in [-0.1, -0.05) is 0 Å². The molecule has 1 N–H and O–H groups in total. The van der Waals surface area contributed by atoms with Crippen LogP contribution in [0, 0.1) is 6.92 Å². The number of hydrogen-bond donors (Lipinski definition) is 1. The number of hydrogen-bond acceptors (Lipinski definition) is 3. The molecule has 1 aromatic carbocycles. The summed E-state index contributed by atoms with van der Waals surface area (Å²) in [6.07, 6.45) is -7.25. The minimum Gasteiger partial charge on any atom is -0.344 e.